The van der Waals surface area contributed by atoms with Crippen LogP contribution in [0, 0.1) is 5.82 Å². The van der Waals surface area contributed by atoms with Crippen molar-refractivity contribution in [3.63, 3.8) is 0 Å². The molecule has 0 atom stereocenters. The topological polar surface area (TPSA) is 30.9 Å². The average Bonchev–Trinajstić information content (AvgIpc) is 2.70. The van der Waals surface area contributed by atoms with Gasteiger partial charge in [0.25, 0.3) is 0 Å². The van der Waals surface area contributed by atoms with Crippen molar-refractivity contribution in [1.82, 2.24) is 4.57 Å². The van der Waals surface area contributed by atoms with E-state index in [1.165, 1.54) is 6.07 Å². The van der Waals surface area contributed by atoms with Crippen LogP contribution >= 0.6 is 23.8 Å². The third kappa shape index (κ3) is 2.65. The van der Waals surface area contributed by atoms with Gasteiger partial charge in [-0.3, -0.25) is 0 Å². The lowest BCUT2D eigenvalue weighted by molar-refractivity contribution is 0.599. The number of benzene rings is 1. The standard InChI is InChI=1S/C12H10ClFN2S/c13-9-4-3-8(10(14)6-9)7-16-5-1-2-11(16)12(15)17/h1-6H,7H2,(H2,15,17). The lowest BCUT2D eigenvalue weighted by Gasteiger charge is -2.09. The lowest BCUT2D eigenvalue weighted by Crippen LogP contribution is -2.16. The highest BCUT2D eigenvalue weighted by molar-refractivity contribution is 7.80. The Morgan fingerprint density at radius 1 is 1.41 bits per heavy atom. The summed E-state index contributed by atoms with van der Waals surface area (Å²) in [5.41, 5.74) is 6.83. The highest BCUT2D eigenvalue weighted by atomic mass is 35.5. The van der Waals surface area contributed by atoms with E-state index in [9.17, 15) is 4.39 Å². The van der Waals surface area contributed by atoms with Crippen LogP contribution < -0.4 is 5.73 Å². The molecule has 0 spiro atoms. The quantitative estimate of drug-likeness (QED) is 0.868. The van der Waals surface area contributed by atoms with Gasteiger partial charge in [-0.1, -0.05) is 29.9 Å². The molecule has 1 heterocycles. The van der Waals surface area contributed by atoms with Crippen molar-refractivity contribution in [2.45, 2.75) is 6.54 Å². The molecular weight excluding hydrogens is 259 g/mol. The number of nitrogens with two attached hydrogens (primary N) is 1. The fraction of sp³-hybridized carbons (Fsp3) is 0.0833. The molecule has 0 fully saturated rings. The van der Waals surface area contributed by atoms with E-state index in [0.717, 1.165) is 0 Å². The van der Waals surface area contributed by atoms with E-state index in [1.54, 1.807) is 22.8 Å². The monoisotopic (exact) mass is 268 g/mol. The molecule has 5 heteroatoms. The van der Waals surface area contributed by atoms with E-state index < -0.39 is 0 Å². The number of aromatic nitrogens is 1. The summed E-state index contributed by atoms with van der Waals surface area (Å²) >= 11 is 10.6. The zero-order valence-corrected chi connectivity index (χ0v) is 10.4. The van der Waals surface area contributed by atoms with Crippen LogP contribution in [0.5, 0.6) is 0 Å². The van der Waals surface area contributed by atoms with Crippen molar-refractivity contribution in [1.29, 1.82) is 0 Å². The van der Waals surface area contributed by atoms with Gasteiger partial charge in [0.15, 0.2) is 0 Å². The van der Waals surface area contributed by atoms with Crippen molar-refractivity contribution in [3.05, 3.63) is 58.6 Å². The van der Waals surface area contributed by atoms with Crippen LogP contribution in [0.2, 0.25) is 5.02 Å². The Labute approximate surface area is 109 Å². The number of halogens is 2. The van der Waals surface area contributed by atoms with Gasteiger partial charge in [-0.25, -0.2) is 4.39 Å². The fourth-order valence-corrected chi connectivity index (χ4v) is 1.95. The van der Waals surface area contributed by atoms with Gasteiger partial charge >= 0.3 is 0 Å². The van der Waals surface area contributed by atoms with Crippen LogP contribution in [0.25, 0.3) is 0 Å². The molecule has 2 nitrogen and oxygen atoms in total. The summed E-state index contributed by atoms with van der Waals surface area (Å²) in [6, 6.07) is 8.23. The highest BCUT2D eigenvalue weighted by Gasteiger charge is 2.07. The SMILES string of the molecule is NC(=S)c1cccn1Cc1ccc(Cl)cc1F. The Hall–Kier alpha value is -1.39. The first-order chi connectivity index (χ1) is 8.08. The molecule has 0 unspecified atom stereocenters. The second-order valence-electron chi connectivity index (χ2n) is 3.62. The minimum absolute atomic E-state index is 0.296. The zero-order chi connectivity index (χ0) is 12.4. The van der Waals surface area contributed by atoms with Crippen LogP contribution in [0.15, 0.2) is 36.5 Å². The van der Waals surface area contributed by atoms with Crippen LogP contribution in [-0.2, 0) is 6.54 Å². The van der Waals surface area contributed by atoms with E-state index in [2.05, 4.69) is 0 Å². The van der Waals surface area contributed by atoms with Gasteiger partial charge in [-0.05, 0) is 24.3 Å². The molecule has 0 aliphatic rings. The summed E-state index contributed by atoms with van der Waals surface area (Å²) < 4.78 is 15.4. The molecule has 2 aromatic rings. The summed E-state index contributed by atoms with van der Waals surface area (Å²) in [7, 11) is 0. The van der Waals surface area contributed by atoms with Crippen molar-refractivity contribution in [3.8, 4) is 0 Å². The van der Waals surface area contributed by atoms with Gasteiger partial charge in [0.1, 0.15) is 10.8 Å². The first-order valence-electron chi connectivity index (χ1n) is 4.97. The van der Waals surface area contributed by atoms with E-state index >= 15 is 0 Å². The number of hydrogen-bond donors (Lipinski definition) is 1. The van der Waals surface area contributed by atoms with E-state index in [-0.39, 0.29) is 5.82 Å². The maximum atomic E-state index is 13.6. The third-order valence-electron chi connectivity index (χ3n) is 2.44. The molecule has 0 amide bonds. The molecule has 2 N–H and O–H groups in total. The van der Waals surface area contributed by atoms with Crippen molar-refractivity contribution in [2.75, 3.05) is 0 Å². The van der Waals surface area contributed by atoms with Crippen molar-refractivity contribution < 1.29 is 4.39 Å². The third-order valence-corrected chi connectivity index (χ3v) is 2.88. The number of thiocarbonyl (C=S) groups is 1. The van der Waals surface area contributed by atoms with Gasteiger partial charge in [0, 0.05) is 16.8 Å². The Bertz CT molecular complexity index is 565. The van der Waals surface area contributed by atoms with E-state index in [0.29, 0.717) is 27.8 Å². The first kappa shape index (κ1) is 12.1. The lowest BCUT2D eigenvalue weighted by atomic mass is 10.2. The van der Waals surface area contributed by atoms with Crippen LogP contribution in [0.1, 0.15) is 11.3 Å². The second-order valence-corrected chi connectivity index (χ2v) is 4.50. The van der Waals surface area contributed by atoms with Gasteiger partial charge in [0.05, 0.1) is 12.2 Å². The Morgan fingerprint density at radius 2 is 2.18 bits per heavy atom. The minimum Gasteiger partial charge on any atom is -0.388 e. The van der Waals surface area contributed by atoms with E-state index in [4.69, 9.17) is 29.6 Å². The number of nitrogens with zero attached hydrogens (tertiary/aromatic N) is 1. The molecule has 88 valence electrons. The molecule has 0 aliphatic heterocycles. The molecule has 0 saturated heterocycles. The highest BCUT2D eigenvalue weighted by Crippen LogP contribution is 2.16. The average molecular weight is 269 g/mol. The largest absolute Gasteiger partial charge is 0.388 e. The van der Waals surface area contributed by atoms with Crippen LogP contribution in [-0.4, -0.2) is 9.56 Å². The zero-order valence-electron chi connectivity index (χ0n) is 8.86. The number of rotatable bonds is 3. The van der Waals surface area contributed by atoms with Crippen molar-refractivity contribution in [2.24, 2.45) is 5.73 Å². The summed E-state index contributed by atoms with van der Waals surface area (Å²) in [6.07, 6.45) is 1.81. The molecule has 17 heavy (non-hydrogen) atoms. The van der Waals surface area contributed by atoms with Crippen LogP contribution in [0.3, 0.4) is 0 Å². The van der Waals surface area contributed by atoms with Gasteiger partial charge in [-0.15, -0.1) is 0 Å². The van der Waals surface area contributed by atoms with Gasteiger partial charge in [-0.2, -0.15) is 0 Å². The smallest absolute Gasteiger partial charge is 0.129 e. The van der Waals surface area contributed by atoms with E-state index in [1.807, 2.05) is 12.3 Å². The molecular formula is C12H10ClFN2S. The molecule has 0 bridgehead atoms. The van der Waals surface area contributed by atoms with Crippen LogP contribution in [0.4, 0.5) is 4.39 Å². The molecule has 0 radical (unpaired) electrons. The predicted molar refractivity (Wildman–Crippen MR) is 70.8 cm³/mol. The Morgan fingerprint density at radius 3 is 2.82 bits per heavy atom. The Balaban J connectivity index is 2.31. The van der Waals surface area contributed by atoms with Gasteiger partial charge in [0.2, 0.25) is 0 Å². The predicted octanol–water partition coefficient (Wildman–Crippen LogP) is 2.96. The second kappa shape index (κ2) is 4.85. The number of hydrogen-bond acceptors (Lipinski definition) is 1. The summed E-state index contributed by atoms with van der Waals surface area (Å²) in [5.74, 6) is -0.333. The summed E-state index contributed by atoms with van der Waals surface area (Å²) in [5, 5.41) is 0.383. The molecule has 0 saturated carbocycles. The minimum atomic E-state index is -0.333. The molecule has 1 aromatic carbocycles. The first-order valence-corrected chi connectivity index (χ1v) is 5.75. The summed E-state index contributed by atoms with van der Waals surface area (Å²) in [6.45, 7) is 0.378. The summed E-state index contributed by atoms with van der Waals surface area (Å²) in [4.78, 5) is 0.296. The Kier molecular flexibility index (Phi) is 3.45. The molecule has 0 aliphatic carbocycles. The normalized spacial score (nSPS) is 10.5. The molecule has 1 aromatic heterocycles. The maximum absolute atomic E-state index is 13.6. The maximum Gasteiger partial charge on any atom is 0.129 e. The van der Waals surface area contributed by atoms with Crippen molar-refractivity contribution >= 4 is 28.8 Å². The molecule has 2 rings (SSSR count). The van der Waals surface area contributed by atoms with Gasteiger partial charge < -0.3 is 10.3 Å². The fourth-order valence-electron chi connectivity index (χ4n) is 1.61.